The number of hydrogen-bond acceptors (Lipinski definition) is 7. The molecule has 2 fully saturated rings. The van der Waals surface area contributed by atoms with Crippen LogP contribution in [0.25, 0.3) is 0 Å². The van der Waals surface area contributed by atoms with Gasteiger partial charge in [0.05, 0.1) is 11.9 Å². The summed E-state index contributed by atoms with van der Waals surface area (Å²) in [6.45, 7) is 5.33. The summed E-state index contributed by atoms with van der Waals surface area (Å²) in [5.41, 5.74) is -1.10. The average molecular weight is 480 g/mol. The summed E-state index contributed by atoms with van der Waals surface area (Å²) in [6.07, 6.45) is -0.334. The van der Waals surface area contributed by atoms with Crippen molar-refractivity contribution in [3.63, 3.8) is 0 Å². The second kappa shape index (κ2) is 9.90. The number of carbonyl (C=O) groups excluding carboxylic acids is 2. The van der Waals surface area contributed by atoms with Crippen LogP contribution in [0.1, 0.15) is 48.9 Å². The van der Waals surface area contributed by atoms with Crippen molar-refractivity contribution in [1.82, 2.24) is 14.9 Å². The quantitative estimate of drug-likeness (QED) is 0.701. The molecular formula is C22H27F3N6O3. The van der Waals surface area contributed by atoms with E-state index >= 15 is 0 Å². The van der Waals surface area contributed by atoms with Crippen molar-refractivity contribution in [3.05, 3.63) is 29.8 Å². The number of aromatic nitrogens is 2. The number of piperidine rings is 1. The van der Waals surface area contributed by atoms with Crippen molar-refractivity contribution in [2.24, 2.45) is 0 Å². The smallest absolute Gasteiger partial charge is 0.417 e. The summed E-state index contributed by atoms with van der Waals surface area (Å²) >= 11 is 0. The molecule has 4 rings (SSSR count). The number of oxazole rings is 1. The average Bonchev–Trinajstić information content (AvgIpc) is 3.31. The van der Waals surface area contributed by atoms with Gasteiger partial charge in [0.15, 0.2) is 5.69 Å². The SMILES string of the molecule is CCC(=O)N1CCN(c2ccc(NC(=O)c3oc(N4CCCCC4)nc3C(F)(F)F)cn2)CC1. The Balaban J connectivity index is 1.43. The van der Waals surface area contributed by atoms with E-state index in [2.05, 4.69) is 15.3 Å². The van der Waals surface area contributed by atoms with E-state index in [1.165, 1.54) is 6.20 Å². The minimum Gasteiger partial charge on any atom is -0.417 e. The fourth-order valence-electron chi connectivity index (χ4n) is 4.12. The van der Waals surface area contributed by atoms with E-state index < -0.39 is 23.5 Å². The summed E-state index contributed by atoms with van der Waals surface area (Å²) < 4.78 is 45.9. The van der Waals surface area contributed by atoms with Gasteiger partial charge in [0, 0.05) is 45.7 Å². The summed E-state index contributed by atoms with van der Waals surface area (Å²) in [7, 11) is 0. The van der Waals surface area contributed by atoms with Crippen LogP contribution in [0, 0.1) is 0 Å². The molecule has 2 aliphatic heterocycles. The molecular weight excluding hydrogens is 453 g/mol. The number of rotatable bonds is 5. The minimum absolute atomic E-state index is 0.111. The van der Waals surface area contributed by atoms with E-state index in [0.29, 0.717) is 51.5 Å². The zero-order chi connectivity index (χ0) is 24.3. The van der Waals surface area contributed by atoms with Crippen LogP contribution < -0.4 is 15.1 Å². The van der Waals surface area contributed by atoms with Gasteiger partial charge in [-0.05, 0) is 31.4 Å². The van der Waals surface area contributed by atoms with Crippen molar-refractivity contribution in [2.75, 3.05) is 54.4 Å². The number of piperazine rings is 1. The molecule has 34 heavy (non-hydrogen) atoms. The van der Waals surface area contributed by atoms with Crippen LogP contribution in [0.3, 0.4) is 0 Å². The van der Waals surface area contributed by atoms with Crippen LogP contribution in [-0.4, -0.2) is 66.0 Å². The van der Waals surface area contributed by atoms with Crippen molar-refractivity contribution in [2.45, 2.75) is 38.8 Å². The Labute approximate surface area is 194 Å². The zero-order valence-corrected chi connectivity index (χ0v) is 18.9. The maximum atomic E-state index is 13.5. The number of alkyl halides is 3. The molecule has 1 N–H and O–H groups in total. The highest BCUT2D eigenvalue weighted by molar-refractivity contribution is 6.03. The van der Waals surface area contributed by atoms with Crippen LogP contribution in [0.2, 0.25) is 0 Å². The van der Waals surface area contributed by atoms with E-state index in [4.69, 9.17) is 4.42 Å². The van der Waals surface area contributed by atoms with Gasteiger partial charge in [-0.1, -0.05) is 6.92 Å². The summed E-state index contributed by atoms with van der Waals surface area (Å²) in [6, 6.07) is 3.06. The monoisotopic (exact) mass is 480 g/mol. The van der Waals surface area contributed by atoms with E-state index in [1.807, 2.05) is 11.8 Å². The Kier molecular flexibility index (Phi) is 6.94. The van der Waals surface area contributed by atoms with Crippen LogP contribution >= 0.6 is 0 Å². The lowest BCUT2D eigenvalue weighted by molar-refractivity contribution is -0.141. The predicted molar refractivity (Wildman–Crippen MR) is 119 cm³/mol. The Morgan fingerprint density at radius 1 is 1.03 bits per heavy atom. The lowest BCUT2D eigenvalue weighted by Crippen LogP contribution is -2.48. The maximum Gasteiger partial charge on any atom is 0.437 e. The van der Waals surface area contributed by atoms with Gasteiger partial charge in [0.25, 0.3) is 11.9 Å². The molecule has 0 spiro atoms. The Hall–Kier alpha value is -3.31. The Morgan fingerprint density at radius 3 is 2.32 bits per heavy atom. The molecule has 184 valence electrons. The molecule has 2 aromatic heterocycles. The molecule has 2 aromatic rings. The molecule has 12 heteroatoms. The van der Waals surface area contributed by atoms with E-state index in [0.717, 1.165) is 19.3 Å². The first kappa shape index (κ1) is 23.8. The van der Waals surface area contributed by atoms with Crippen molar-refractivity contribution < 1.29 is 27.2 Å². The number of anilines is 3. The van der Waals surface area contributed by atoms with Gasteiger partial charge in [-0.3, -0.25) is 9.59 Å². The molecule has 0 unspecified atom stereocenters. The number of nitrogens with one attached hydrogen (secondary N) is 1. The predicted octanol–water partition coefficient (Wildman–Crippen LogP) is 3.39. The number of halogens is 3. The van der Waals surface area contributed by atoms with Crippen LogP contribution in [0.15, 0.2) is 22.7 Å². The first-order valence-electron chi connectivity index (χ1n) is 11.4. The van der Waals surface area contributed by atoms with Crippen LogP contribution in [0.4, 0.5) is 30.7 Å². The topological polar surface area (TPSA) is 94.8 Å². The van der Waals surface area contributed by atoms with Gasteiger partial charge in [0.2, 0.25) is 11.7 Å². The lowest BCUT2D eigenvalue weighted by atomic mass is 10.1. The second-order valence-corrected chi connectivity index (χ2v) is 8.30. The fourth-order valence-corrected chi connectivity index (χ4v) is 4.12. The third-order valence-corrected chi connectivity index (χ3v) is 5.98. The molecule has 0 aliphatic carbocycles. The van der Waals surface area contributed by atoms with Gasteiger partial charge in [0.1, 0.15) is 5.82 Å². The van der Waals surface area contributed by atoms with E-state index in [9.17, 15) is 22.8 Å². The third-order valence-electron chi connectivity index (χ3n) is 5.98. The first-order chi connectivity index (χ1) is 16.3. The highest BCUT2D eigenvalue weighted by Gasteiger charge is 2.42. The highest BCUT2D eigenvalue weighted by atomic mass is 19.4. The van der Waals surface area contributed by atoms with E-state index in [-0.39, 0.29) is 17.6 Å². The first-order valence-corrected chi connectivity index (χ1v) is 11.4. The zero-order valence-electron chi connectivity index (χ0n) is 18.9. The van der Waals surface area contributed by atoms with Crippen molar-refractivity contribution in [1.29, 1.82) is 0 Å². The standard InChI is InChI=1S/C22H27F3N6O3/c1-2-17(32)30-12-10-29(11-13-30)16-7-6-15(14-26-16)27-20(33)18-19(22(23,24)25)28-21(34-18)31-8-4-3-5-9-31/h6-7,14H,2-5,8-13H2,1H3,(H,27,33). The summed E-state index contributed by atoms with van der Waals surface area (Å²) in [5, 5.41) is 2.42. The molecule has 0 bridgehead atoms. The van der Waals surface area contributed by atoms with Gasteiger partial charge in [-0.15, -0.1) is 0 Å². The molecule has 2 saturated heterocycles. The lowest BCUT2D eigenvalue weighted by Gasteiger charge is -2.35. The normalized spacial score (nSPS) is 17.1. The Bertz CT molecular complexity index is 1010. The molecule has 0 radical (unpaired) electrons. The highest BCUT2D eigenvalue weighted by Crippen LogP contribution is 2.35. The molecule has 0 atom stereocenters. The molecule has 4 heterocycles. The number of nitrogens with zero attached hydrogens (tertiary/aromatic N) is 5. The molecule has 9 nitrogen and oxygen atoms in total. The number of pyridine rings is 1. The second-order valence-electron chi connectivity index (χ2n) is 8.30. The van der Waals surface area contributed by atoms with Gasteiger partial charge < -0.3 is 24.4 Å². The third kappa shape index (κ3) is 5.26. The molecule has 2 amide bonds. The summed E-state index contributed by atoms with van der Waals surface area (Å²) in [5.74, 6) is -1.14. The van der Waals surface area contributed by atoms with Gasteiger partial charge in [-0.25, -0.2) is 4.98 Å². The fraction of sp³-hybridized carbons (Fsp3) is 0.545. The minimum atomic E-state index is -4.83. The van der Waals surface area contributed by atoms with Crippen molar-refractivity contribution in [3.8, 4) is 0 Å². The number of hydrogen-bond donors (Lipinski definition) is 1. The molecule has 2 aliphatic rings. The van der Waals surface area contributed by atoms with Crippen molar-refractivity contribution >= 4 is 29.3 Å². The number of amides is 2. The van der Waals surface area contributed by atoms with E-state index in [1.54, 1.807) is 21.9 Å². The summed E-state index contributed by atoms with van der Waals surface area (Å²) in [4.78, 5) is 37.8. The van der Waals surface area contributed by atoms with Crippen LogP contribution in [0.5, 0.6) is 0 Å². The molecule has 0 saturated carbocycles. The van der Waals surface area contributed by atoms with Crippen LogP contribution in [-0.2, 0) is 11.0 Å². The molecule has 0 aromatic carbocycles. The maximum absolute atomic E-state index is 13.5. The largest absolute Gasteiger partial charge is 0.437 e. The number of carbonyl (C=O) groups is 2. The Morgan fingerprint density at radius 2 is 1.74 bits per heavy atom. The van der Waals surface area contributed by atoms with Gasteiger partial charge >= 0.3 is 6.18 Å². The van der Waals surface area contributed by atoms with Gasteiger partial charge in [-0.2, -0.15) is 18.2 Å².